The summed E-state index contributed by atoms with van der Waals surface area (Å²) in [5.41, 5.74) is 2.47. The molecule has 15 heavy (non-hydrogen) atoms. The maximum absolute atomic E-state index is 5.87. The molecular formula is C12H16BrNO. The molecule has 2 rings (SSSR count). The Kier molecular flexibility index (Phi) is 3.03. The second-order valence-corrected chi connectivity index (χ2v) is 4.92. The van der Waals surface area contributed by atoms with Crippen molar-refractivity contribution < 1.29 is 4.74 Å². The first kappa shape index (κ1) is 11.0. The highest BCUT2D eigenvalue weighted by Gasteiger charge is 2.31. The molecule has 1 aliphatic heterocycles. The van der Waals surface area contributed by atoms with E-state index in [0.29, 0.717) is 6.04 Å². The zero-order valence-electron chi connectivity index (χ0n) is 9.30. The molecule has 3 heteroatoms. The summed E-state index contributed by atoms with van der Waals surface area (Å²) in [6.45, 7) is 7.28. The van der Waals surface area contributed by atoms with Crippen LogP contribution < -0.4 is 10.1 Å². The minimum absolute atomic E-state index is 0.216. The first-order valence-corrected chi connectivity index (χ1v) is 6.13. The Labute approximate surface area is 99.1 Å². The van der Waals surface area contributed by atoms with Crippen molar-refractivity contribution >= 4 is 15.9 Å². The number of hydrogen-bond acceptors (Lipinski definition) is 2. The third-order valence-corrected chi connectivity index (χ3v) is 3.26. The maximum Gasteiger partial charge on any atom is 0.127 e. The Morgan fingerprint density at radius 2 is 2.20 bits per heavy atom. The van der Waals surface area contributed by atoms with Gasteiger partial charge in [-0.2, -0.15) is 0 Å². The summed E-state index contributed by atoms with van der Waals surface area (Å²) in [7, 11) is 0. The first-order chi connectivity index (χ1) is 7.13. The molecule has 2 unspecified atom stereocenters. The molecule has 2 nitrogen and oxygen atoms in total. The molecule has 0 radical (unpaired) electrons. The topological polar surface area (TPSA) is 21.3 Å². The fourth-order valence-electron chi connectivity index (χ4n) is 2.15. The normalized spacial score (nSPS) is 23.7. The highest BCUT2D eigenvalue weighted by atomic mass is 79.9. The van der Waals surface area contributed by atoms with Crippen LogP contribution in [0.25, 0.3) is 0 Å². The summed E-state index contributed by atoms with van der Waals surface area (Å²) in [6, 6.07) is 4.57. The van der Waals surface area contributed by atoms with Crippen LogP contribution in [0.1, 0.15) is 31.0 Å². The van der Waals surface area contributed by atoms with Crippen LogP contribution in [0, 0.1) is 6.92 Å². The van der Waals surface area contributed by atoms with E-state index in [-0.39, 0.29) is 6.10 Å². The van der Waals surface area contributed by atoms with Crippen molar-refractivity contribution in [2.45, 2.75) is 32.9 Å². The largest absolute Gasteiger partial charge is 0.488 e. The zero-order chi connectivity index (χ0) is 11.0. The molecule has 0 bridgehead atoms. The van der Waals surface area contributed by atoms with Gasteiger partial charge in [-0.15, -0.1) is 0 Å². The van der Waals surface area contributed by atoms with Crippen molar-refractivity contribution in [3.63, 3.8) is 0 Å². The molecule has 1 N–H and O–H groups in total. The lowest BCUT2D eigenvalue weighted by molar-refractivity contribution is 0.210. The molecule has 2 atom stereocenters. The van der Waals surface area contributed by atoms with E-state index < -0.39 is 0 Å². The Morgan fingerprint density at radius 3 is 2.87 bits per heavy atom. The minimum atomic E-state index is 0.216. The third-order valence-electron chi connectivity index (χ3n) is 2.80. The number of likely N-dealkylation sites (N-methyl/N-ethyl adjacent to an activating group) is 1. The van der Waals surface area contributed by atoms with Crippen LogP contribution in [-0.2, 0) is 0 Å². The van der Waals surface area contributed by atoms with Crippen LogP contribution >= 0.6 is 15.9 Å². The van der Waals surface area contributed by atoms with Gasteiger partial charge in [0.2, 0.25) is 0 Å². The molecule has 0 spiro atoms. The smallest absolute Gasteiger partial charge is 0.127 e. The Balaban J connectivity index is 2.43. The monoisotopic (exact) mass is 269 g/mol. The van der Waals surface area contributed by atoms with E-state index in [4.69, 9.17) is 4.74 Å². The Morgan fingerprint density at radius 1 is 1.47 bits per heavy atom. The van der Waals surface area contributed by atoms with Crippen LogP contribution in [0.5, 0.6) is 5.75 Å². The van der Waals surface area contributed by atoms with E-state index >= 15 is 0 Å². The zero-order valence-corrected chi connectivity index (χ0v) is 10.9. The fourth-order valence-corrected chi connectivity index (χ4v) is 2.74. The van der Waals surface area contributed by atoms with E-state index in [1.165, 1.54) is 11.1 Å². The van der Waals surface area contributed by atoms with Gasteiger partial charge < -0.3 is 10.1 Å². The van der Waals surface area contributed by atoms with Gasteiger partial charge in [-0.25, -0.2) is 0 Å². The van der Waals surface area contributed by atoms with Crippen molar-refractivity contribution in [3.05, 3.63) is 27.7 Å². The molecule has 1 heterocycles. The summed E-state index contributed by atoms with van der Waals surface area (Å²) >= 11 is 3.53. The fraction of sp³-hybridized carbons (Fsp3) is 0.500. The van der Waals surface area contributed by atoms with Gasteiger partial charge in [-0.3, -0.25) is 0 Å². The highest BCUT2D eigenvalue weighted by molar-refractivity contribution is 9.10. The number of hydrogen-bond donors (Lipinski definition) is 1. The van der Waals surface area contributed by atoms with Crippen LogP contribution in [0.4, 0.5) is 0 Å². The molecule has 0 saturated carbocycles. The van der Waals surface area contributed by atoms with Crippen molar-refractivity contribution in [3.8, 4) is 5.75 Å². The number of fused-ring (bicyclic) bond motifs is 1. The molecule has 0 fully saturated rings. The van der Waals surface area contributed by atoms with E-state index in [0.717, 1.165) is 16.8 Å². The summed E-state index contributed by atoms with van der Waals surface area (Å²) in [5.74, 6) is 1.05. The van der Waals surface area contributed by atoms with Gasteiger partial charge in [0.1, 0.15) is 11.9 Å². The molecule has 1 aromatic rings. The molecule has 0 amide bonds. The van der Waals surface area contributed by atoms with E-state index in [2.05, 4.69) is 54.2 Å². The molecule has 82 valence electrons. The van der Waals surface area contributed by atoms with Crippen molar-refractivity contribution in [2.75, 3.05) is 6.54 Å². The van der Waals surface area contributed by atoms with Crippen LogP contribution in [-0.4, -0.2) is 12.6 Å². The Bertz CT molecular complexity index is 378. The average molecular weight is 270 g/mol. The highest BCUT2D eigenvalue weighted by Crippen LogP contribution is 2.40. The van der Waals surface area contributed by atoms with Crippen molar-refractivity contribution in [1.29, 1.82) is 0 Å². The Hall–Kier alpha value is -0.540. The van der Waals surface area contributed by atoms with Gasteiger partial charge >= 0.3 is 0 Å². The summed E-state index contributed by atoms with van der Waals surface area (Å²) < 4.78 is 7.00. The first-order valence-electron chi connectivity index (χ1n) is 5.33. The second kappa shape index (κ2) is 4.14. The molecular weight excluding hydrogens is 254 g/mol. The second-order valence-electron chi connectivity index (χ2n) is 4.00. The molecule has 1 aromatic carbocycles. The van der Waals surface area contributed by atoms with E-state index in [1.54, 1.807) is 0 Å². The van der Waals surface area contributed by atoms with Gasteiger partial charge in [0.15, 0.2) is 0 Å². The number of ether oxygens (including phenoxy) is 1. The summed E-state index contributed by atoms with van der Waals surface area (Å²) in [6.07, 6.45) is 0.216. The molecule has 0 saturated heterocycles. The van der Waals surface area contributed by atoms with E-state index in [9.17, 15) is 0 Å². The van der Waals surface area contributed by atoms with Crippen molar-refractivity contribution in [1.82, 2.24) is 5.32 Å². The van der Waals surface area contributed by atoms with Gasteiger partial charge in [-0.05, 0) is 38.1 Å². The minimum Gasteiger partial charge on any atom is -0.488 e. The SMILES string of the molecule is CCNC1c2cc(Br)cc(C)c2OC1C. The number of rotatable bonds is 2. The van der Waals surface area contributed by atoms with Gasteiger partial charge in [0, 0.05) is 10.0 Å². The van der Waals surface area contributed by atoms with Gasteiger partial charge in [-0.1, -0.05) is 22.9 Å². The lowest BCUT2D eigenvalue weighted by Crippen LogP contribution is -2.28. The van der Waals surface area contributed by atoms with Crippen LogP contribution in [0.15, 0.2) is 16.6 Å². The molecule has 0 aliphatic carbocycles. The molecule has 0 aromatic heterocycles. The van der Waals surface area contributed by atoms with Gasteiger partial charge in [0.25, 0.3) is 0 Å². The standard InChI is InChI=1S/C12H16BrNO/c1-4-14-11-8(3)15-12-7(2)5-9(13)6-10(11)12/h5-6,8,11,14H,4H2,1-3H3. The quantitative estimate of drug-likeness (QED) is 0.891. The summed E-state index contributed by atoms with van der Waals surface area (Å²) in [4.78, 5) is 0. The summed E-state index contributed by atoms with van der Waals surface area (Å²) in [5, 5.41) is 3.46. The van der Waals surface area contributed by atoms with Crippen molar-refractivity contribution in [2.24, 2.45) is 0 Å². The predicted molar refractivity (Wildman–Crippen MR) is 65.4 cm³/mol. The lowest BCUT2D eigenvalue weighted by Gasteiger charge is -2.15. The van der Waals surface area contributed by atoms with Crippen LogP contribution in [0.3, 0.4) is 0 Å². The number of benzene rings is 1. The van der Waals surface area contributed by atoms with Gasteiger partial charge in [0.05, 0.1) is 6.04 Å². The maximum atomic E-state index is 5.87. The lowest BCUT2D eigenvalue weighted by atomic mass is 10.0. The molecule has 1 aliphatic rings. The third kappa shape index (κ3) is 1.91. The average Bonchev–Trinajstić information content (AvgIpc) is 2.46. The predicted octanol–water partition coefficient (Wildman–Crippen LogP) is 3.19. The van der Waals surface area contributed by atoms with Crippen LogP contribution in [0.2, 0.25) is 0 Å². The number of halogens is 1. The van der Waals surface area contributed by atoms with E-state index in [1.807, 2.05) is 0 Å². The number of aryl methyl sites for hydroxylation is 1. The number of nitrogens with one attached hydrogen (secondary N) is 1.